The molecule has 43 heavy (non-hydrogen) atoms. The number of thiophene rings is 1. The minimum absolute atomic E-state index is 0.757. The van der Waals surface area contributed by atoms with E-state index in [2.05, 4.69) is 89.0 Å². The lowest BCUT2D eigenvalue weighted by atomic mass is 10.1. The van der Waals surface area contributed by atoms with Gasteiger partial charge in [-0.3, -0.25) is 4.57 Å². The molecule has 0 aliphatic rings. The number of ether oxygens (including phenoxy) is 1. The Kier molecular flexibility index (Phi) is 5.21. The molecule has 0 radical (unpaired) electrons. The SMILES string of the molecule is Cn1c(-c2cccc(Oc3cccc(-n4c5ncccc5c5ccc6sc7ccccc7c6c54)c3)c2)nc2ccccc21. The fourth-order valence-corrected chi connectivity index (χ4v) is 7.42. The highest BCUT2D eigenvalue weighted by Crippen LogP contribution is 2.43. The van der Waals surface area contributed by atoms with Gasteiger partial charge in [0.15, 0.2) is 0 Å². The summed E-state index contributed by atoms with van der Waals surface area (Å²) in [5, 5.41) is 4.86. The van der Waals surface area contributed by atoms with Crippen molar-refractivity contribution in [3.63, 3.8) is 0 Å². The summed E-state index contributed by atoms with van der Waals surface area (Å²) in [6.45, 7) is 0. The number of para-hydroxylation sites is 2. The van der Waals surface area contributed by atoms with Gasteiger partial charge in [-0.15, -0.1) is 11.3 Å². The van der Waals surface area contributed by atoms with Crippen molar-refractivity contribution in [3.8, 4) is 28.6 Å². The summed E-state index contributed by atoms with van der Waals surface area (Å²) in [6.07, 6.45) is 1.87. The van der Waals surface area contributed by atoms with Gasteiger partial charge in [-0.05, 0) is 60.7 Å². The normalized spacial score (nSPS) is 11.8. The smallest absolute Gasteiger partial charge is 0.145 e. The lowest BCUT2D eigenvalue weighted by Gasteiger charge is -2.12. The predicted molar refractivity (Wildman–Crippen MR) is 178 cm³/mol. The number of aromatic nitrogens is 4. The maximum atomic E-state index is 6.49. The van der Waals surface area contributed by atoms with E-state index in [9.17, 15) is 0 Å². The van der Waals surface area contributed by atoms with E-state index in [1.54, 1.807) is 0 Å². The molecule has 0 aliphatic heterocycles. The first-order chi connectivity index (χ1) is 21.2. The molecule has 0 unspecified atom stereocenters. The predicted octanol–water partition coefficient (Wildman–Crippen LogP) is 9.89. The van der Waals surface area contributed by atoms with Gasteiger partial charge in [-0.1, -0.05) is 54.6 Å². The highest BCUT2D eigenvalue weighted by atomic mass is 32.1. The van der Waals surface area contributed by atoms with Crippen LogP contribution in [0, 0.1) is 0 Å². The van der Waals surface area contributed by atoms with Crippen LogP contribution in [0.25, 0.3) is 70.2 Å². The van der Waals surface area contributed by atoms with E-state index < -0.39 is 0 Å². The van der Waals surface area contributed by atoms with Crippen LogP contribution in [-0.4, -0.2) is 19.1 Å². The van der Waals surface area contributed by atoms with Crippen molar-refractivity contribution >= 4 is 64.5 Å². The number of nitrogens with zero attached hydrogens (tertiary/aromatic N) is 4. The number of rotatable bonds is 4. The Morgan fingerprint density at radius 1 is 0.674 bits per heavy atom. The van der Waals surface area contributed by atoms with Crippen LogP contribution in [-0.2, 0) is 7.05 Å². The Hall–Kier alpha value is -5.46. The molecule has 0 amide bonds. The molecule has 5 nitrogen and oxygen atoms in total. The molecule has 0 bridgehead atoms. The first kappa shape index (κ1) is 24.2. The summed E-state index contributed by atoms with van der Waals surface area (Å²) >= 11 is 1.83. The molecule has 0 fully saturated rings. The number of fused-ring (bicyclic) bond motifs is 8. The lowest BCUT2D eigenvalue weighted by molar-refractivity contribution is 0.482. The van der Waals surface area contributed by atoms with Crippen LogP contribution in [0.5, 0.6) is 11.5 Å². The molecule has 0 aliphatic carbocycles. The molecule has 5 aromatic carbocycles. The molecular weight excluding hydrogens is 549 g/mol. The van der Waals surface area contributed by atoms with E-state index in [4.69, 9.17) is 14.7 Å². The maximum Gasteiger partial charge on any atom is 0.145 e. The van der Waals surface area contributed by atoms with Gasteiger partial charge < -0.3 is 9.30 Å². The monoisotopic (exact) mass is 572 g/mol. The van der Waals surface area contributed by atoms with Gasteiger partial charge in [0.1, 0.15) is 23.0 Å². The molecule has 6 heteroatoms. The summed E-state index contributed by atoms with van der Waals surface area (Å²) in [5.74, 6) is 2.42. The highest BCUT2D eigenvalue weighted by Gasteiger charge is 2.19. The average Bonchev–Trinajstić information content (AvgIpc) is 3.70. The minimum atomic E-state index is 0.757. The van der Waals surface area contributed by atoms with Gasteiger partial charge in [0.2, 0.25) is 0 Å². The van der Waals surface area contributed by atoms with E-state index in [1.165, 1.54) is 31.1 Å². The van der Waals surface area contributed by atoms with Gasteiger partial charge in [0, 0.05) is 55.8 Å². The third-order valence-electron chi connectivity index (χ3n) is 8.22. The third-order valence-corrected chi connectivity index (χ3v) is 9.36. The maximum absolute atomic E-state index is 6.49. The van der Waals surface area contributed by atoms with Gasteiger partial charge in [0.25, 0.3) is 0 Å². The average molecular weight is 573 g/mol. The summed E-state index contributed by atoms with van der Waals surface area (Å²) in [6, 6.07) is 41.9. The second-order valence-corrected chi connectivity index (χ2v) is 11.8. The van der Waals surface area contributed by atoms with Crippen molar-refractivity contribution in [2.24, 2.45) is 7.05 Å². The van der Waals surface area contributed by atoms with E-state index in [-0.39, 0.29) is 0 Å². The molecule has 9 aromatic rings. The van der Waals surface area contributed by atoms with Crippen LogP contribution >= 0.6 is 11.3 Å². The summed E-state index contributed by atoms with van der Waals surface area (Å²) in [7, 11) is 2.05. The fourth-order valence-electron chi connectivity index (χ4n) is 6.32. The summed E-state index contributed by atoms with van der Waals surface area (Å²) in [5.41, 5.74) is 6.19. The Bertz CT molecular complexity index is 2520. The second-order valence-electron chi connectivity index (χ2n) is 10.8. The van der Waals surface area contributed by atoms with Crippen LogP contribution in [0.1, 0.15) is 0 Å². The molecule has 0 saturated heterocycles. The second kappa shape index (κ2) is 9.28. The molecular formula is C37H24N4OS. The zero-order chi connectivity index (χ0) is 28.5. The first-order valence-electron chi connectivity index (χ1n) is 14.2. The van der Waals surface area contributed by atoms with E-state index in [0.29, 0.717) is 0 Å². The van der Waals surface area contributed by atoms with Gasteiger partial charge in [-0.2, -0.15) is 0 Å². The van der Waals surface area contributed by atoms with Gasteiger partial charge >= 0.3 is 0 Å². The third kappa shape index (κ3) is 3.70. The molecule has 0 N–H and O–H groups in total. The van der Waals surface area contributed by atoms with Gasteiger partial charge in [-0.25, -0.2) is 9.97 Å². The largest absolute Gasteiger partial charge is 0.457 e. The Balaban J connectivity index is 1.19. The van der Waals surface area contributed by atoms with Crippen molar-refractivity contribution < 1.29 is 4.74 Å². The summed E-state index contributed by atoms with van der Waals surface area (Å²) in [4.78, 5) is 9.74. The minimum Gasteiger partial charge on any atom is -0.457 e. The van der Waals surface area contributed by atoms with Crippen molar-refractivity contribution in [1.82, 2.24) is 19.1 Å². The highest BCUT2D eigenvalue weighted by molar-refractivity contribution is 7.26. The molecule has 0 saturated carbocycles. The number of hydrogen-bond acceptors (Lipinski definition) is 4. The van der Waals surface area contributed by atoms with Crippen LogP contribution < -0.4 is 4.74 Å². The Labute approximate surface area is 250 Å². The number of aryl methyl sites for hydroxylation is 1. The molecule has 0 atom stereocenters. The topological polar surface area (TPSA) is 44.9 Å². The first-order valence-corrected chi connectivity index (χ1v) is 15.0. The zero-order valence-electron chi connectivity index (χ0n) is 23.2. The number of pyridine rings is 1. The fraction of sp³-hybridized carbons (Fsp3) is 0.0270. The lowest BCUT2D eigenvalue weighted by Crippen LogP contribution is -1.96. The molecule has 4 heterocycles. The van der Waals surface area contributed by atoms with E-state index in [0.717, 1.165) is 50.6 Å². The Morgan fingerprint density at radius 3 is 2.42 bits per heavy atom. The molecule has 0 spiro atoms. The summed E-state index contributed by atoms with van der Waals surface area (Å²) < 4.78 is 13.5. The molecule has 4 aromatic heterocycles. The molecule has 204 valence electrons. The number of hydrogen-bond donors (Lipinski definition) is 0. The standard InChI is InChI=1S/C37H24N4OS/c1-40-31-16-4-3-15-30(31)39-36(40)23-9-6-11-25(21-23)42-26-12-7-10-24(22-26)41-35-27(28-14-8-20-38-37(28)41)18-19-33-34(35)29-13-2-5-17-32(29)43-33/h2-22H,1H3. The quantitative estimate of drug-likeness (QED) is 0.211. The van der Waals surface area contributed by atoms with Crippen molar-refractivity contribution in [2.75, 3.05) is 0 Å². The van der Waals surface area contributed by atoms with Crippen LogP contribution in [0.3, 0.4) is 0 Å². The van der Waals surface area contributed by atoms with Crippen LogP contribution in [0.2, 0.25) is 0 Å². The van der Waals surface area contributed by atoms with Crippen LogP contribution in [0.4, 0.5) is 0 Å². The number of imidazole rings is 1. The molecule has 9 rings (SSSR count). The van der Waals surface area contributed by atoms with E-state index >= 15 is 0 Å². The van der Waals surface area contributed by atoms with Gasteiger partial charge in [0.05, 0.1) is 22.2 Å². The zero-order valence-corrected chi connectivity index (χ0v) is 24.0. The van der Waals surface area contributed by atoms with Crippen molar-refractivity contribution in [1.29, 1.82) is 0 Å². The van der Waals surface area contributed by atoms with Crippen LogP contribution in [0.15, 0.2) is 128 Å². The van der Waals surface area contributed by atoms with Crippen molar-refractivity contribution in [2.45, 2.75) is 0 Å². The van der Waals surface area contributed by atoms with E-state index in [1.807, 2.05) is 66.1 Å². The van der Waals surface area contributed by atoms with Crippen molar-refractivity contribution in [3.05, 3.63) is 128 Å². The Morgan fingerprint density at radius 2 is 1.49 bits per heavy atom. The number of benzene rings is 5.